The van der Waals surface area contributed by atoms with E-state index >= 15 is 0 Å². The first-order valence-corrected chi connectivity index (χ1v) is 12.0. The molecule has 4 rings (SSSR count). The van der Waals surface area contributed by atoms with E-state index in [1.165, 1.54) is 11.3 Å². The van der Waals surface area contributed by atoms with Gasteiger partial charge in [-0.3, -0.25) is 14.4 Å². The number of ketones is 1. The van der Waals surface area contributed by atoms with Gasteiger partial charge in [0.15, 0.2) is 5.78 Å². The highest BCUT2D eigenvalue weighted by Gasteiger charge is 2.57. The van der Waals surface area contributed by atoms with Crippen LogP contribution in [-0.2, 0) is 32.1 Å². The minimum atomic E-state index is -1.06. The quantitative estimate of drug-likeness (QED) is 0.363. The molecule has 0 radical (unpaired) electrons. The first-order valence-electron chi connectivity index (χ1n) is 10.8. The van der Waals surface area contributed by atoms with Gasteiger partial charge in [-0.15, -0.1) is 11.3 Å². The molecular weight excluding hydrogens is 458 g/mol. The van der Waals surface area contributed by atoms with Crippen LogP contribution in [0.2, 0.25) is 4.34 Å². The van der Waals surface area contributed by atoms with Crippen LogP contribution in [0.4, 0.5) is 0 Å². The van der Waals surface area contributed by atoms with E-state index in [4.69, 9.17) is 16.3 Å². The van der Waals surface area contributed by atoms with Crippen LogP contribution in [-0.4, -0.2) is 17.7 Å². The number of carbonyl (C=O) groups excluding carboxylic acids is 3. The Balaban J connectivity index is 1.49. The van der Waals surface area contributed by atoms with Crippen LogP contribution in [0, 0.1) is 17.8 Å². The van der Waals surface area contributed by atoms with Gasteiger partial charge < -0.3 is 10.1 Å². The van der Waals surface area contributed by atoms with Crippen molar-refractivity contribution in [3.05, 3.63) is 93.1 Å². The molecule has 5 nitrogen and oxygen atoms in total. The van der Waals surface area contributed by atoms with Gasteiger partial charge in [-0.2, -0.15) is 0 Å². The predicted octanol–water partition coefficient (Wildman–Crippen LogP) is 5.00. The van der Waals surface area contributed by atoms with Crippen molar-refractivity contribution in [1.29, 1.82) is 0 Å². The van der Waals surface area contributed by atoms with Crippen LogP contribution in [0.3, 0.4) is 0 Å². The molecule has 0 spiro atoms. The van der Waals surface area contributed by atoms with E-state index in [1.54, 1.807) is 6.07 Å². The molecule has 0 saturated heterocycles. The van der Waals surface area contributed by atoms with Crippen LogP contribution in [0.5, 0.6) is 0 Å². The average Bonchev–Trinajstić information content (AvgIpc) is 3.25. The predicted molar refractivity (Wildman–Crippen MR) is 128 cm³/mol. The minimum Gasteiger partial charge on any atom is -0.461 e. The molecule has 3 aromatic rings. The number of carbonyl (C=O) groups is 3. The fraction of sp³-hybridized carbons (Fsp3) is 0.269. The van der Waals surface area contributed by atoms with E-state index in [9.17, 15) is 14.4 Å². The van der Waals surface area contributed by atoms with E-state index in [-0.39, 0.29) is 18.4 Å². The number of nitrogens with one attached hydrogen (secondary N) is 1. The van der Waals surface area contributed by atoms with Crippen LogP contribution in [0.1, 0.15) is 29.0 Å². The number of benzene rings is 2. The van der Waals surface area contributed by atoms with Crippen LogP contribution < -0.4 is 5.32 Å². The second-order valence-electron chi connectivity index (χ2n) is 8.16. The van der Waals surface area contributed by atoms with Crippen molar-refractivity contribution in [3.8, 4) is 0 Å². The lowest BCUT2D eigenvalue weighted by Gasteiger charge is -2.40. The van der Waals surface area contributed by atoms with Crippen molar-refractivity contribution in [2.45, 2.75) is 26.0 Å². The maximum Gasteiger partial charge on any atom is 0.311 e. The average molecular weight is 482 g/mol. The topological polar surface area (TPSA) is 72.5 Å². The zero-order valence-electron chi connectivity index (χ0n) is 18.1. The third-order valence-corrected chi connectivity index (χ3v) is 7.20. The summed E-state index contributed by atoms with van der Waals surface area (Å²) in [6, 6.07) is 22.1. The highest BCUT2D eigenvalue weighted by Crippen LogP contribution is 2.42. The van der Waals surface area contributed by atoms with Crippen molar-refractivity contribution < 1.29 is 19.1 Å². The normalized spacial score (nSPS) is 20.5. The Morgan fingerprint density at radius 3 is 2.33 bits per heavy atom. The Morgan fingerprint density at radius 1 is 1.03 bits per heavy atom. The molecule has 1 aromatic heterocycles. The fourth-order valence-corrected chi connectivity index (χ4v) is 5.30. The molecule has 170 valence electrons. The molecule has 0 aliphatic heterocycles. The molecule has 1 aliphatic rings. The molecular formula is C26H24ClNO4S. The van der Waals surface area contributed by atoms with E-state index < -0.39 is 29.6 Å². The largest absolute Gasteiger partial charge is 0.461 e. The summed E-state index contributed by atoms with van der Waals surface area (Å²) in [6.45, 7) is 1.95. The number of rotatable bonds is 8. The number of hydrogen-bond donors (Lipinski definition) is 1. The van der Waals surface area contributed by atoms with Gasteiger partial charge in [0, 0.05) is 10.8 Å². The minimum absolute atomic E-state index is 0.0939. The zero-order chi connectivity index (χ0) is 23.4. The van der Waals surface area contributed by atoms with Gasteiger partial charge in [0.1, 0.15) is 12.5 Å². The molecule has 1 saturated carbocycles. The fourth-order valence-electron chi connectivity index (χ4n) is 4.15. The van der Waals surface area contributed by atoms with Gasteiger partial charge >= 0.3 is 5.97 Å². The lowest BCUT2D eigenvalue weighted by atomic mass is 9.61. The summed E-state index contributed by atoms with van der Waals surface area (Å²) in [5, 5.41) is 2.89. The van der Waals surface area contributed by atoms with Gasteiger partial charge in [0.25, 0.3) is 0 Å². The van der Waals surface area contributed by atoms with Crippen molar-refractivity contribution >= 4 is 40.6 Å². The van der Waals surface area contributed by atoms with E-state index in [0.29, 0.717) is 10.8 Å². The molecule has 33 heavy (non-hydrogen) atoms. The van der Waals surface area contributed by atoms with E-state index in [2.05, 4.69) is 5.32 Å². The molecule has 1 aliphatic carbocycles. The zero-order valence-corrected chi connectivity index (χ0v) is 19.6. The number of hydrogen-bond acceptors (Lipinski definition) is 5. The number of amides is 1. The summed E-state index contributed by atoms with van der Waals surface area (Å²) in [7, 11) is 0. The molecule has 1 amide bonds. The maximum absolute atomic E-state index is 13.1. The summed E-state index contributed by atoms with van der Waals surface area (Å²) in [4.78, 5) is 40.0. The number of thiophene rings is 1. The van der Waals surface area contributed by atoms with Crippen LogP contribution in [0.25, 0.3) is 0 Å². The molecule has 4 atom stereocenters. The Bertz CT molecular complexity index is 1130. The Hall–Kier alpha value is -2.96. The van der Waals surface area contributed by atoms with Gasteiger partial charge in [-0.05, 0) is 36.6 Å². The molecule has 1 heterocycles. The van der Waals surface area contributed by atoms with Crippen molar-refractivity contribution in [1.82, 2.24) is 5.32 Å². The Kier molecular flexibility index (Phi) is 7.26. The molecule has 2 aromatic carbocycles. The number of esters is 1. The van der Waals surface area contributed by atoms with Gasteiger partial charge in [-0.1, -0.05) is 72.3 Å². The van der Waals surface area contributed by atoms with Crippen molar-refractivity contribution in [3.63, 3.8) is 0 Å². The van der Waals surface area contributed by atoms with Crippen molar-refractivity contribution in [2.24, 2.45) is 17.8 Å². The van der Waals surface area contributed by atoms with Crippen LogP contribution >= 0.6 is 22.9 Å². The number of ether oxygens (including phenoxy) is 1. The number of Topliss-reactive ketones (excluding diaryl/α,β-unsaturated/α-hetero) is 1. The Labute approximate surface area is 201 Å². The molecule has 1 unspecified atom stereocenters. The van der Waals surface area contributed by atoms with Gasteiger partial charge in [-0.25, -0.2) is 0 Å². The van der Waals surface area contributed by atoms with Gasteiger partial charge in [0.05, 0.1) is 16.3 Å². The lowest BCUT2D eigenvalue weighted by molar-refractivity contribution is -0.171. The summed E-state index contributed by atoms with van der Waals surface area (Å²) in [5.74, 6) is -3.70. The summed E-state index contributed by atoms with van der Waals surface area (Å²) < 4.78 is 6.15. The third-order valence-electron chi connectivity index (χ3n) is 5.95. The lowest BCUT2D eigenvalue weighted by Crippen LogP contribution is -2.58. The second-order valence-corrected chi connectivity index (χ2v) is 9.96. The maximum atomic E-state index is 13.1. The standard InChI is InChI=1S/C26H24ClNO4S/c1-16(18-10-6-3-7-11-18)28-25(30)23-22(26(31)32-15-17-8-4-2-5-9-17)20(24(23)29)14-19-12-13-21(27)33-19/h2-13,16,20,22-23H,14-15H2,1H3,(H,28,30)/t16-,20-,22-,23?/m1/s1. The van der Waals surface area contributed by atoms with E-state index in [1.807, 2.05) is 73.7 Å². The molecule has 0 bridgehead atoms. The summed E-state index contributed by atoms with van der Waals surface area (Å²) in [5.41, 5.74) is 1.77. The highest BCUT2D eigenvalue weighted by molar-refractivity contribution is 7.16. The molecule has 1 fully saturated rings. The van der Waals surface area contributed by atoms with E-state index in [0.717, 1.165) is 16.0 Å². The SMILES string of the molecule is C[C@@H](NC(=O)C1C(=O)[C@H](Cc2ccc(Cl)s2)[C@H]1C(=O)OCc1ccccc1)c1ccccc1. The third kappa shape index (κ3) is 5.34. The monoisotopic (exact) mass is 481 g/mol. The smallest absolute Gasteiger partial charge is 0.311 e. The first kappa shape index (κ1) is 23.2. The molecule has 7 heteroatoms. The molecule has 1 N–H and O–H groups in total. The Morgan fingerprint density at radius 2 is 1.70 bits per heavy atom. The van der Waals surface area contributed by atoms with Gasteiger partial charge in [0.2, 0.25) is 5.91 Å². The summed E-state index contributed by atoms with van der Waals surface area (Å²) >= 11 is 7.40. The van der Waals surface area contributed by atoms with Crippen LogP contribution in [0.15, 0.2) is 72.8 Å². The summed E-state index contributed by atoms with van der Waals surface area (Å²) in [6.07, 6.45) is 0.360. The number of halogens is 1. The van der Waals surface area contributed by atoms with Crippen molar-refractivity contribution in [2.75, 3.05) is 0 Å². The first-order chi connectivity index (χ1) is 15.9. The second kappa shape index (κ2) is 10.3. The highest BCUT2D eigenvalue weighted by atomic mass is 35.5.